The maximum absolute atomic E-state index is 12.3. The number of anilines is 1. The van der Waals surface area contributed by atoms with Gasteiger partial charge in [-0.15, -0.1) is 0 Å². The molecule has 1 saturated heterocycles. The zero-order chi connectivity index (χ0) is 29.2. The van der Waals surface area contributed by atoms with Crippen LogP contribution in [-0.2, 0) is 11.3 Å². The van der Waals surface area contributed by atoms with Crippen LogP contribution in [0.2, 0.25) is 0 Å². The number of hydrogen-bond donors (Lipinski definition) is 1. The lowest BCUT2D eigenvalue weighted by atomic mass is 9.97. The molecule has 8 nitrogen and oxygen atoms in total. The monoisotopic (exact) mass is 568 g/mol. The summed E-state index contributed by atoms with van der Waals surface area (Å²) in [6.45, 7) is 4.57. The smallest absolute Gasteiger partial charge is 0.411 e. The van der Waals surface area contributed by atoms with Gasteiger partial charge in [-0.05, 0) is 49.1 Å². The summed E-state index contributed by atoms with van der Waals surface area (Å²) in [5, 5.41) is 8.40. The van der Waals surface area contributed by atoms with Crippen LogP contribution >= 0.6 is 0 Å². The molecule has 0 bridgehead atoms. The number of aryl methyl sites for hydroxylation is 1. The van der Waals surface area contributed by atoms with Crippen molar-refractivity contribution in [2.24, 2.45) is 0 Å². The second kappa shape index (κ2) is 11.7. The number of piperidine rings is 1. The van der Waals surface area contributed by atoms with Gasteiger partial charge in [0, 0.05) is 54.1 Å². The van der Waals surface area contributed by atoms with Crippen LogP contribution < -0.4 is 5.32 Å². The number of fused-ring (bicyclic) bond motifs is 3. The van der Waals surface area contributed by atoms with Gasteiger partial charge in [0.1, 0.15) is 6.10 Å². The summed E-state index contributed by atoms with van der Waals surface area (Å²) in [5.41, 5.74) is 8.60. The summed E-state index contributed by atoms with van der Waals surface area (Å²) < 4.78 is 7.50. The molecule has 1 fully saturated rings. The topological polar surface area (TPSA) is 84.7 Å². The molecule has 0 aliphatic carbocycles. The number of amides is 1. The predicted octanol–water partition coefficient (Wildman–Crippen LogP) is 7.13. The number of rotatable bonds is 6. The average molecular weight is 569 g/mol. The highest BCUT2D eigenvalue weighted by Crippen LogP contribution is 2.34. The molecule has 0 spiro atoms. The van der Waals surface area contributed by atoms with E-state index in [0.717, 1.165) is 82.9 Å². The highest BCUT2D eigenvalue weighted by atomic mass is 16.6. The van der Waals surface area contributed by atoms with Crippen LogP contribution in [0.15, 0.2) is 103 Å². The molecule has 3 aromatic carbocycles. The quantitative estimate of drug-likeness (QED) is 0.230. The molecule has 43 heavy (non-hydrogen) atoms. The first-order chi connectivity index (χ1) is 21.1. The van der Waals surface area contributed by atoms with Gasteiger partial charge in [-0.1, -0.05) is 72.8 Å². The Balaban J connectivity index is 1.07. The number of nitrogens with one attached hydrogen (secondary N) is 1. The van der Waals surface area contributed by atoms with Crippen molar-refractivity contribution >= 4 is 28.5 Å². The lowest BCUT2D eigenvalue weighted by molar-refractivity contribution is 0.0567. The number of ether oxygens (including phenoxy) is 1. The SMILES string of the molecule is Cc1cc2ncc3cc(-c4ccccc4)c(-c4ccc(CN5CCC(OC(=O)Nc6ccccc6)CC5)cc4)nc3n2n1. The Kier molecular flexibility index (Phi) is 7.27. The summed E-state index contributed by atoms with van der Waals surface area (Å²) in [5.74, 6) is 0. The highest BCUT2D eigenvalue weighted by Gasteiger charge is 2.23. The summed E-state index contributed by atoms with van der Waals surface area (Å²) in [6, 6.07) is 32.6. The Labute approximate surface area is 250 Å². The first-order valence-electron chi connectivity index (χ1n) is 14.6. The molecule has 7 rings (SSSR count). The number of para-hydroxylation sites is 1. The van der Waals surface area contributed by atoms with E-state index in [-0.39, 0.29) is 6.10 Å². The minimum Gasteiger partial charge on any atom is -0.446 e. The summed E-state index contributed by atoms with van der Waals surface area (Å²) in [7, 11) is 0. The van der Waals surface area contributed by atoms with Gasteiger partial charge in [0.25, 0.3) is 0 Å². The molecule has 1 aliphatic heterocycles. The molecule has 214 valence electrons. The molecule has 3 aromatic heterocycles. The zero-order valence-electron chi connectivity index (χ0n) is 24.0. The second-order valence-electron chi connectivity index (χ2n) is 11.0. The van der Waals surface area contributed by atoms with Gasteiger partial charge < -0.3 is 4.74 Å². The number of carbonyl (C=O) groups is 1. The molecule has 0 radical (unpaired) electrons. The van der Waals surface area contributed by atoms with E-state index >= 15 is 0 Å². The van der Waals surface area contributed by atoms with Crippen molar-refractivity contribution in [1.82, 2.24) is 24.5 Å². The molecule has 4 heterocycles. The number of carbonyl (C=O) groups excluding carboxylic acids is 1. The maximum Gasteiger partial charge on any atom is 0.411 e. The summed E-state index contributed by atoms with van der Waals surface area (Å²) in [6.07, 6.45) is 3.05. The maximum atomic E-state index is 12.3. The van der Waals surface area contributed by atoms with E-state index in [9.17, 15) is 4.79 Å². The van der Waals surface area contributed by atoms with Crippen molar-refractivity contribution in [3.63, 3.8) is 0 Å². The third-order valence-electron chi connectivity index (χ3n) is 7.93. The first kappa shape index (κ1) is 26.8. The largest absolute Gasteiger partial charge is 0.446 e. The van der Waals surface area contributed by atoms with Crippen LogP contribution in [0.1, 0.15) is 24.1 Å². The fourth-order valence-electron chi connectivity index (χ4n) is 5.74. The number of likely N-dealkylation sites (tertiary alicyclic amines) is 1. The standard InChI is InChI=1S/C35H32N6O2/c1-24-20-32-36-22-28-21-31(26-8-4-2-5-9-26)33(38-34(28)41(32)39-24)27-14-12-25(13-15-27)23-40-18-16-30(17-19-40)43-35(42)37-29-10-6-3-7-11-29/h2-15,20-22,30H,16-19,23H2,1H3,(H,37,42). The Morgan fingerprint density at radius 1 is 0.907 bits per heavy atom. The van der Waals surface area contributed by atoms with Gasteiger partial charge >= 0.3 is 6.09 Å². The lowest BCUT2D eigenvalue weighted by Gasteiger charge is -2.31. The molecule has 1 aliphatic rings. The molecular weight excluding hydrogens is 536 g/mol. The van der Waals surface area contributed by atoms with E-state index in [0.29, 0.717) is 0 Å². The fourth-order valence-corrected chi connectivity index (χ4v) is 5.74. The molecular formula is C35H32N6O2. The van der Waals surface area contributed by atoms with Crippen molar-refractivity contribution in [2.45, 2.75) is 32.4 Å². The molecule has 8 heteroatoms. The average Bonchev–Trinajstić information content (AvgIpc) is 3.43. The van der Waals surface area contributed by atoms with Crippen molar-refractivity contribution in [3.05, 3.63) is 115 Å². The van der Waals surface area contributed by atoms with Crippen molar-refractivity contribution < 1.29 is 9.53 Å². The van der Waals surface area contributed by atoms with E-state index in [2.05, 4.69) is 74.9 Å². The van der Waals surface area contributed by atoms with Gasteiger partial charge in [-0.25, -0.2) is 14.8 Å². The number of benzene rings is 3. The molecule has 0 atom stereocenters. The van der Waals surface area contributed by atoms with Gasteiger partial charge in [-0.3, -0.25) is 10.2 Å². The van der Waals surface area contributed by atoms with Crippen molar-refractivity contribution in [1.29, 1.82) is 0 Å². The highest BCUT2D eigenvalue weighted by molar-refractivity contribution is 5.90. The molecule has 1 amide bonds. The van der Waals surface area contributed by atoms with E-state index in [4.69, 9.17) is 9.72 Å². The van der Waals surface area contributed by atoms with E-state index in [1.165, 1.54) is 5.56 Å². The van der Waals surface area contributed by atoms with E-state index in [1.807, 2.05) is 60.1 Å². The van der Waals surface area contributed by atoms with Crippen LogP contribution in [-0.4, -0.2) is 49.8 Å². The van der Waals surface area contributed by atoms with Crippen LogP contribution in [0.5, 0.6) is 0 Å². The van der Waals surface area contributed by atoms with Gasteiger partial charge in [-0.2, -0.15) is 9.61 Å². The summed E-state index contributed by atoms with van der Waals surface area (Å²) >= 11 is 0. The Hall–Kier alpha value is -5.08. The Bertz CT molecular complexity index is 1880. The van der Waals surface area contributed by atoms with Crippen LogP contribution in [0.25, 0.3) is 39.1 Å². The molecule has 0 unspecified atom stereocenters. The minimum atomic E-state index is -0.392. The summed E-state index contributed by atoms with van der Waals surface area (Å²) in [4.78, 5) is 24.5. The number of pyridine rings is 1. The Morgan fingerprint density at radius 2 is 1.63 bits per heavy atom. The molecule has 0 saturated carbocycles. The zero-order valence-corrected chi connectivity index (χ0v) is 24.0. The minimum absolute atomic E-state index is 0.0713. The van der Waals surface area contributed by atoms with Crippen molar-refractivity contribution in [3.8, 4) is 22.4 Å². The normalized spacial score (nSPS) is 14.3. The molecule has 1 N–H and O–H groups in total. The van der Waals surface area contributed by atoms with Crippen LogP contribution in [0, 0.1) is 6.92 Å². The van der Waals surface area contributed by atoms with Gasteiger partial charge in [0.15, 0.2) is 11.3 Å². The molecule has 6 aromatic rings. The van der Waals surface area contributed by atoms with Crippen molar-refractivity contribution in [2.75, 3.05) is 18.4 Å². The van der Waals surface area contributed by atoms with Gasteiger partial charge in [0.2, 0.25) is 0 Å². The van der Waals surface area contributed by atoms with Crippen LogP contribution in [0.4, 0.5) is 10.5 Å². The third-order valence-corrected chi connectivity index (χ3v) is 7.93. The fraction of sp³-hybridized carbons (Fsp3) is 0.200. The predicted molar refractivity (Wildman–Crippen MR) is 169 cm³/mol. The third kappa shape index (κ3) is 5.82. The number of nitrogens with zero attached hydrogens (tertiary/aromatic N) is 5. The lowest BCUT2D eigenvalue weighted by Crippen LogP contribution is -2.38. The Morgan fingerprint density at radius 3 is 2.37 bits per heavy atom. The van der Waals surface area contributed by atoms with E-state index in [1.54, 1.807) is 0 Å². The van der Waals surface area contributed by atoms with Crippen LogP contribution in [0.3, 0.4) is 0 Å². The first-order valence-corrected chi connectivity index (χ1v) is 14.6. The number of hydrogen-bond acceptors (Lipinski definition) is 6. The second-order valence-corrected chi connectivity index (χ2v) is 11.0. The van der Waals surface area contributed by atoms with Gasteiger partial charge in [0.05, 0.1) is 11.4 Å². The number of aromatic nitrogens is 4. The van der Waals surface area contributed by atoms with E-state index < -0.39 is 6.09 Å².